The Morgan fingerprint density at radius 2 is 2.33 bits per heavy atom. The lowest BCUT2D eigenvalue weighted by Gasteiger charge is -2.18. The number of carbonyl (C=O) groups excluding carboxylic acids is 1. The third-order valence-corrected chi connectivity index (χ3v) is 3.53. The minimum absolute atomic E-state index is 0.138. The summed E-state index contributed by atoms with van der Waals surface area (Å²) in [5.41, 5.74) is 6.65. The van der Waals surface area contributed by atoms with E-state index in [1.165, 1.54) is 0 Å². The molecule has 1 aromatic rings. The highest BCUT2D eigenvalue weighted by molar-refractivity contribution is 7.14. The van der Waals surface area contributed by atoms with Crippen LogP contribution in [-0.4, -0.2) is 19.5 Å². The van der Waals surface area contributed by atoms with Crippen molar-refractivity contribution >= 4 is 22.2 Å². The van der Waals surface area contributed by atoms with E-state index < -0.39 is 0 Å². The van der Waals surface area contributed by atoms with Gasteiger partial charge in [0.25, 0.3) is 0 Å². The Balaban J connectivity index is 2.65. The van der Waals surface area contributed by atoms with E-state index in [1.54, 1.807) is 16.2 Å². The quantitative estimate of drug-likeness (QED) is 0.853. The van der Waals surface area contributed by atoms with Gasteiger partial charge in [-0.3, -0.25) is 4.79 Å². The van der Waals surface area contributed by atoms with Crippen LogP contribution in [0.1, 0.15) is 18.9 Å². The topological polar surface area (TPSA) is 46.3 Å². The van der Waals surface area contributed by atoms with Gasteiger partial charge >= 0.3 is 0 Å². The van der Waals surface area contributed by atoms with Gasteiger partial charge in [-0.25, -0.2) is 0 Å². The number of thiophene rings is 1. The maximum Gasteiger partial charge on any atom is 0.227 e. The van der Waals surface area contributed by atoms with Crippen LogP contribution < -0.4 is 10.6 Å². The van der Waals surface area contributed by atoms with Crippen LogP contribution in [0.25, 0.3) is 0 Å². The summed E-state index contributed by atoms with van der Waals surface area (Å²) in [4.78, 5) is 13.6. The van der Waals surface area contributed by atoms with Gasteiger partial charge in [0.15, 0.2) is 0 Å². The third-order valence-electron chi connectivity index (χ3n) is 2.44. The Kier molecular flexibility index (Phi) is 4.29. The van der Waals surface area contributed by atoms with Gasteiger partial charge in [0.05, 0.1) is 0 Å². The smallest absolute Gasteiger partial charge is 0.227 e. The highest BCUT2D eigenvalue weighted by atomic mass is 32.1. The molecule has 15 heavy (non-hydrogen) atoms. The van der Waals surface area contributed by atoms with Crippen molar-refractivity contribution in [3.8, 4) is 0 Å². The molecular formula is C11H18N2OS. The van der Waals surface area contributed by atoms with E-state index in [4.69, 9.17) is 5.73 Å². The van der Waals surface area contributed by atoms with Crippen molar-refractivity contribution in [3.05, 3.63) is 17.0 Å². The van der Waals surface area contributed by atoms with Crippen LogP contribution in [0.15, 0.2) is 11.4 Å². The van der Waals surface area contributed by atoms with E-state index in [-0.39, 0.29) is 11.8 Å². The largest absolute Gasteiger partial charge is 0.330 e. The Morgan fingerprint density at radius 3 is 2.80 bits per heavy atom. The second-order valence-corrected chi connectivity index (χ2v) is 4.80. The van der Waals surface area contributed by atoms with Gasteiger partial charge in [0, 0.05) is 13.5 Å². The van der Waals surface area contributed by atoms with E-state index in [2.05, 4.69) is 0 Å². The average Bonchev–Trinajstić information content (AvgIpc) is 2.63. The molecule has 1 heterocycles. The maximum absolute atomic E-state index is 11.8. The fourth-order valence-corrected chi connectivity index (χ4v) is 2.25. The molecule has 0 spiro atoms. The van der Waals surface area contributed by atoms with Crippen LogP contribution in [0.3, 0.4) is 0 Å². The van der Waals surface area contributed by atoms with Gasteiger partial charge < -0.3 is 10.6 Å². The van der Waals surface area contributed by atoms with Gasteiger partial charge in [-0.05, 0) is 36.4 Å². The second-order valence-electron chi connectivity index (χ2n) is 3.91. The first-order chi connectivity index (χ1) is 7.06. The first-order valence-electron chi connectivity index (χ1n) is 5.07. The van der Waals surface area contributed by atoms with E-state index in [9.17, 15) is 4.79 Å². The summed E-state index contributed by atoms with van der Waals surface area (Å²) in [5, 5.41) is 3.03. The van der Waals surface area contributed by atoms with Crippen LogP contribution in [0, 0.1) is 12.8 Å². The van der Waals surface area contributed by atoms with Crippen LogP contribution in [0.5, 0.6) is 0 Å². The monoisotopic (exact) mass is 226 g/mol. The van der Waals surface area contributed by atoms with E-state index in [1.807, 2.05) is 32.3 Å². The lowest BCUT2D eigenvalue weighted by Crippen LogP contribution is -2.29. The molecule has 0 saturated carbocycles. The Morgan fingerprint density at radius 1 is 1.67 bits per heavy atom. The molecule has 0 bridgehead atoms. The molecule has 0 fully saturated rings. The summed E-state index contributed by atoms with van der Waals surface area (Å²) >= 11 is 1.59. The van der Waals surface area contributed by atoms with Crippen molar-refractivity contribution in [1.29, 1.82) is 0 Å². The molecule has 0 radical (unpaired) electrons. The summed E-state index contributed by atoms with van der Waals surface area (Å²) in [6.45, 7) is 4.57. The number of nitrogens with zero attached hydrogens (tertiary/aromatic N) is 1. The number of nitrogens with two attached hydrogens (primary N) is 1. The molecule has 84 valence electrons. The normalized spacial score (nSPS) is 12.5. The van der Waals surface area contributed by atoms with Crippen molar-refractivity contribution in [3.63, 3.8) is 0 Å². The van der Waals surface area contributed by atoms with Crippen LogP contribution in [-0.2, 0) is 4.79 Å². The number of carbonyl (C=O) groups is 1. The van der Waals surface area contributed by atoms with Gasteiger partial charge in [-0.15, -0.1) is 11.3 Å². The fraction of sp³-hybridized carbons (Fsp3) is 0.545. The third kappa shape index (κ3) is 3.04. The minimum Gasteiger partial charge on any atom is -0.330 e. The molecule has 1 aromatic heterocycles. The SMILES string of the molecule is Cc1ccsc1N(C)C(=O)CC(C)CN. The Bertz CT molecular complexity index is 335. The molecule has 0 aromatic carbocycles. The van der Waals surface area contributed by atoms with Gasteiger partial charge in [-0.1, -0.05) is 6.92 Å². The van der Waals surface area contributed by atoms with E-state index >= 15 is 0 Å². The Labute approximate surface area is 94.9 Å². The summed E-state index contributed by atoms with van der Waals surface area (Å²) in [5.74, 6) is 0.388. The number of anilines is 1. The highest BCUT2D eigenvalue weighted by Crippen LogP contribution is 2.26. The zero-order valence-electron chi connectivity index (χ0n) is 9.49. The molecule has 3 nitrogen and oxygen atoms in total. The van der Waals surface area contributed by atoms with Crippen molar-refractivity contribution < 1.29 is 4.79 Å². The van der Waals surface area contributed by atoms with Crippen molar-refractivity contribution in [1.82, 2.24) is 0 Å². The van der Waals surface area contributed by atoms with Gasteiger partial charge in [-0.2, -0.15) is 0 Å². The van der Waals surface area contributed by atoms with Crippen molar-refractivity contribution in [2.24, 2.45) is 11.7 Å². The van der Waals surface area contributed by atoms with Gasteiger partial charge in [0.1, 0.15) is 5.00 Å². The van der Waals surface area contributed by atoms with Crippen LogP contribution in [0.2, 0.25) is 0 Å². The predicted molar refractivity (Wildman–Crippen MR) is 65.3 cm³/mol. The summed E-state index contributed by atoms with van der Waals surface area (Å²) < 4.78 is 0. The molecule has 0 saturated heterocycles. The zero-order chi connectivity index (χ0) is 11.4. The first-order valence-corrected chi connectivity index (χ1v) is 5.95. The van der Waals surface area contributed by atoms with E-state index in [0.717, 1.165) is 10.6 Å². The lowest BCUT2D eigenvalue weighted by molar-refractivity contribution is -0.119. The summed E-state index contributed by atoms with van der Waals surface area (Å²) in [6, 6.07) is 2.02. The zero-order valence-corrected chi connectivity index (χ0v) is 10.3. The molecule has 1 amide bonds. The molecule has 0 aliphatic heterocycles. The van der Waals surface area contributed by atoms with Crippen LogP contribution in [0.4, 0.5) is 5.00 Å². The maximum atomic E-state index is 11.8. The van der Waals surface area contributed by atoms with Crippen molar-refractivity contribution in [2.75, 3.05) is 18.5 Å². The minimum atomic E-state index is 0.138. The molecule has 0 aliphatic rings. The molecule has 0 aliphatic carbocycles. The first kappa shape index (κ1) is 12.2. The molecule has 1 atom stereocenters. The standard InChI is InChI=1S/C11H18N2OS/c1-8(7-12)6-10(14)13(3)11-9(2)4-5-15-11/h4-5,8H,6-7,12H2,1-3H3. The van der Waals surface area contributed by atoms with Crippen molar-refractivity contribution in [2.45, 2.75) is 20.3 Å². The number of amides is 1. The number of hydrogen-bond donors (Lipinski definition) is 1. The molecule has 1 unspecified atom stereocenters. The molecular weight excluding hydrogens is 208 g/mol. The average molecular weight is 226 g/mol. The Hall–Kier alpha value is -0.870. The predicted octanol–water partition coefficient (Wildman–Crippen LogP) is 2.00. The number of hydrogen-bond acceptors (Lipinski definition) is 3. The van der Waals surface area contributed by atoms with Crippen LogP contribution >= 0.6 is 11.3 Å². The molecule has 2 N–H and O–H groups in total. The lowest BCUT2D eigenvalue weighted by atomic mass is 10.1. The molecule has 4 heteroatoms. The van der Waals surface area contributed by atoms with E-state index in [0.29, 0.717) is 13.0 Å². The second kappa shape index (κ2) is 5.28. The number of rotatable bonds is 4. The summed E-state index contributed by atoms with van der Waals surface area (Å²) in [7, 11) is 1.82. The molecule has 1 rings (SSSR count). The fourth-order valence-electron chi connectivity index (χ4n) is 1.34. The summed E-state index contributed by atoms with van der Waals surface area (Å²) in [6.07, 6.45) is 0.518. The number of aryl methyl sites for hydroxylation is 1. The van der Waals surface area contributed by atoms with Gasteiger partial charge in [0.2, 0.25) is 5.91 Å². The highest BCUT2D eigenvalue weighted by Gasteiger charge is 2.16.